The molecule has 1 atom stereocenters. The van der Waals surface area contributed by atoms with Crippen molar-refractivity contribution in [3.63, 3.8) is 0 Å². The first-order chi connectivity index (χ1) is 9.73. The molecule has 1 unspecified atom stereocenters. The lowest BCUT2D eigenvalue weighted by atomic mass is 9.91. The minimum Gasteiger partial charge on any atom is -0.272 e. The molecule has 0 aromatic heterocycles. The van der Waals surface area contributed by atoms with Gasteiger partial charge in [-0.1, -0.05) is 71.6 Å². The van der Waals surface area contributed by atoms with Crippen LogP contribution in [0.5, 0.6) is 0 Å². The van der Waals surface area contributed by atoms with Crippen LogP contribution in [-0.4, -0.2) is 16.9 Å². The molecule has 118 valence electrons. The molecule has 0 bridgehead atoms. The topological polar surface area (TPSA) is 39.7 Å². The second kappa shape index (κ2) is 10.0. The molecule has 0 spiro atoms. The van der Waals surface area contributed by atoms with Gasteiger partial charge in [0.2, 0.25) is 0 Å². The molecule has 1 aliphatic rings. The maximum Gasteiger partial charge on any atom is 0.129 e. The molecule has 0 saturated carbocycles. The van der Waals surface area contributed by atoms with Crippen LogP contribution in [0.1, 0.15) is 91.4 Å². The van der Waals surface area contributed by atoms with Gasteiger partial charge in [0.25, 0.3) is 0 Å². The van der Waals surface area contributed by atoms with Crippen molar-refractivity contribution >= 4 is 6.34 Å². The third kappa shape index (κ3) is 6.12. The summed E-state index contributed by atoms with van der Waals surface area (Å²) in [6.45, 7) is 6.84. The van der Waals surface area contributed by atoms with Gasteiger partial charge in [-0.2, -0.15) is 5.10 Å². The maximum atomic E-state index is 4.01. The van der Waals surface area contributed by atoms with Gasteiger partial charge in [-0.15, -0.1) is 5.53 Å². The fraction of sp³-hybridized carbons (Fsp3) is 0.938. The Morgan fingerprint density at radius 1 is 0.950 bits per heavy atom. The molecule has 0 amide bonds. The lowest BCUT2D eigenvalue weighted by Gasteiger charge is -2.36. The summed E-state index contributed by atoms with van der Waals surface area (Å²) in [5, 5.41) is 6.12. The summed E-state index contributed by atoms with van der Waals surface area (Å²) in [5.41, 5.74) is 6.06. The Morgan fingerprint density at radius 3 is 2.05 bits per heavy atom. The molecule has 0 saturated heterocycles. The molecule has 1 rings (SSSR count). The number of rotatable bonds is 12. The molecule has 0 aliphatic carbocycles. The van der Waals surface area contributed by atoms with Crippen LogP contribution >= 0.6 is 0 Å². The van der Waals surface area contributed by atoms with Crippen molar-refractivity contribution in [1.29, 1.82) is 0 Å². The Morgan fingerprint density at radius 2 is 1.55 bits per heavy atom. The molecule has 4 nitrogen and oxygen atoms in total. The van der Waals surface area contributed by atoms with Gasteiger partial charge < -0.3 is 0 Å². The summed E-state index contributed by atoms with van der Waals surface area (Å²) in [6.07, 6.45) is 16.7. The molecule has 4 heteroatoms. The molecule has 0 aromatic rings. The highest BCUT2D eigenvalue weighted by Gasteiger charge is 2.29. The van der Waals surface area contributed by atoms with E-state index in [0.717, 1.165) is 6.42 Å². The van der Waals surface area contributed by atoms with Crippen LogP contribution in [0.15, 0.2) is 5.10 Å². The standard InChI is InChI=1S/C16H34N4/c1-4-6-7-8-9-10-11-12-13-14-16(3,5-2)20-15-17-18-19-20/h15,18-19H,4-14H2,1-3H3. The summed E-state index contributed by atoms with van der Waals surface area (Å²) >= 11 is 0. The second-order valence-corrected chi connectivity index (χ2v) is 6.27. The third-order valence-corrected chi connectivity index (χ3v) is 4.57. The minimum absolute atomic E-state index is 0.175. The van der Waals surface area contributed by atoms with E-state index < -0.39 is 0 Å². The van der Waals surface area contributed by atoms with E-state index in [1.54, 1.807) is 0 Å². The molecule has 1 aliphatic heterocycles. The largest absolute Gasteiger partial charge is 0.272 e. The van der Waals surface area contributed by atoms with Crippen molar-refractivity contribution in [3.05, 3.63) is 0 Å². The monoisotopic (exact) mass is 282 g/mol. The van der Waals surface area contributed by atoms with Crippen molar-refractivity contribution in [2.45, 2.75) is 96.9 Å². The van der Waals surface area contributed by atoms with Crippen molar-refractivity contribution in [3.8, 4) is 0 Å². The van der Waals surface area contributed by atoms with E-state index in [2.05, 4.69) is 42.0 Å². The van der Waals surface area contributed by atoms with E-state index in [9.17, 15) is 0 Å². The highest BCUT2D eigenvalue weighted by Crippen LogP contribution is 2.24. The quantitative estimate of drug-likeness (QED) is 0.523. The van der Waals surface area contributed by atoms with Crippen LogP contribution in [0.25, 0.3) is 0 Å². The molecule has 0 aromatic carbocycles. The van der Waals surface area contributed by atoms with E-state index in [-0.39, 0.29) is 5.54 Å². The Balaban J connectivity index is 2.03. The Bertz CT molecular complexity index is 267. The number of unbranched alkanes of at least 4 members (excludes halogenated alkanes) is 8. The smallest absolute Gasteiger partial charge is 0.129 e. The fourth-order valence-corrected chi connectivity index (χ4v) is 2.76. The van der Waals surface area contributed by atoms with E-state index in [0.29, 0.717) is 0 Å². The summed E-state index contributed by atoms with van der Waals surface area (Å²) in [7, 11) is 0. The van der Waals surface area contributed by atoms with E-state index in [4.69, 9.17) is 0 Å². The van der Waals surface area contributed by atoms with Crippen molar-refractivity contribution < 1.29 is 0 Å². The maximum absolute atomic E-state index is 4.01. The van der Waals surface area contributed by atoms with Crippen LogP contribution in [0.2, 0.25) is 0 Å². The number of nitrogens with zero attached hydrogens (tertiary/aromatic N) is 2. The Hall–Kier alpha value is -0.770. The first kappa shape index (κ1) is 17.3. The number of nitrogens with one attached hydrogen (secondary N) is 2. The summed E-state index contributed by atoms with van der Waals surface area (Å²) in [4.78, 5) is 0. The van der Waals surface area contributed by atoms with Crippen molar-refractivity contribution in [1.82, 2.24) is 16.1 Å². The van der Waals surface area contributed by atoms with E-state index in [1.165, 1.54) is 64.2 Å². The summed E-state index contributed by atoms with van der Waals surface area (Å²) < 4.78 is 0. The Kier molecular flexibility index (Phi) is 8.67. The molecule has 1 heterocycles. The van der Waals surface area contributed by atoms with Gasteiger partial charge >= 0.3 is 0 Å². The number of hydrogen-bond donors (Lipinski definition) is 2. The van der Waals surface area contributed by atoms with Crippen LogP contribution < -0.4 is 11.1 Å². The van der Waals surface area contributed by atoms with Gasteiger partial charge in [-0.3, -0.25) is 5.01 Å². The van der Waals surface area contributed by atoms with Gasteiger partial charge in [-0.25, -0.2) is 5.53 Å². The van der Waals surface area contributed by atoms with E-state index >= 15 is 0 Å². The highest BCUT2D eigenvalue weighted by atomic mass is 15.8. The third-order valence-electron chi connectivity index (χ3n) is 4.57. The zero-order valence-electron chi connectivity index (χ0n) is 13.7. The zero-order chi connectivity index (χ0) is 14.7. The molecular weight excluding hydrogens is 248 g/mol. The molecular formula is C16H34N4. The van der Waals surface area contributed by atoms with Gasteiger partial charge in [0, 0.05) is 0 Å². The summed E-state index contributed by atoms with van der Waals surface area (Å²) in [5.74, 6) is 0. The predicted octanol–water partition coefficient (Wildman–Crippen LogP) is 4.34. The van der Waals surface area contributed by atoms with Crippen LogP contribution in [-0.2, 0) is 0 Å². The molecule has 0 fully saturated rings. The van der Waals surface area contributed by atoms with Crippen molar-refractivity contribution in [2.75, 3.05) is 0 Å². The molecule has 2 N–H and O–H groups in total. The predicted molar refractivity (Wildman–Crippen MR) is 87.1 cm³/mol. The van der Waals surface area contributed by atoms with Crippen molar-refractivity contribution in [2.24, 2.45) is 5.10 Å². The lowest BCUT2D eigenvalue weighted by Crippen LogP contribution is -2.52. The van der Waals surface area contributed by atoms with Gasteiger partial charge in [-0.05, 0) is 19.8 Å². The fourth-order valence-electron chi connectivity index (χ4n) is 2.76. The van der Waals surface area contributed by atoms with Crippen LogP contribution in [0.4, 0.5) is 0 Å². The summed E-state index contributed by atoms with van der Waals surface area (Å²) in [6, 6.07) is 0. The van der Waals surface area contributed by atoms with Gasteiger partial charge in [0.1, 0.15) is 6.34 Å². The van der Waals surface area contributed by atoms with Gasteiger partial charge in [0.05, 0.1) is 5.54 Å². The average molecular weight is 282 g/mol. The first-order valence-electron chi connectivity index (χ1n) is 8.56. The second-order valence-electron chi connectivity index (χ2n) is 6.27. The normalized spacial score (nSPS) is 17.2. The van der Waals surface area contributed by atoms with Gasteiger partial charge in [0.15, 0.2) is 0 Å². The van der Waals surface area contributed by atoms with Crippen LogP contribution in [0.3, 0.4) is 0 Å². The van der Waals surface area contributed by atoms with E-state index in [1.807, 2.05) is 6.34 Å². The lowest BCUT2D eigenvalue weighted by molar-refractivity contribution is 0.115. The average Bonchev–Trinajstić information content (AvgIpc) is 3.00. The zero-order valence-corrected chi connectivity index (χ0v) is 13.7. The highest BCUT2D eigenvalue weighted by molar-refractivity contribution is 5.56. The SMILES string of the molecule is CCCCCCCCCCCC(C)(CC)N1C=NNN1. The number of hydrogen-bond acceptors (Lipinski definition) is 4. The Labute approximate surface area is 125 Å². The number of hydrazine groups is 2. The first-order valence-corrected chi connectivity index (χ1v) is 8.56. The minimum atomic E-state index is 0.175. The van der Waals surface area contributed by atoms with Crippen LogP contribution in [0, 0.1) is 0 Å². The molecule has 20 heavy (non-hydrogen) atoms. The number of hydrazone groups is 1. The molecule has 0 radical (unpaired) electrons.